The lowest BCUT2D eigenvalue weighted by atomic mass is 9.68. The highest BCUT2D eigenvalue weighted by Crippen LogP contribution is 2.42. The number of allylic oxidation sites excluding steroid dienone is 1. The predicted molar refractivity (Wildman–Crippen MR) is 65.7 cm³/mol. The van der Waals surface area contributed by atoms with E-state index in [-0.39, 0.29) is 0 Å². The van der Waals surface area contributed by atoms with Gasteiger partial charge in [-0.15, -0.1) is 0 Å². The van der Waals surface area contributed by atoms with Gasteiger partial charge in [0.1, 0.15) is 0 Å². The predicted octanol–water partition coefficient (Wildman–Crippen LogP) is 3.78. The minimum absolute atomic E-state index is 0.465. The molecular weight excluding hydrogens is 184 g/mol. The van der Waals surface area contributed by atoms with Gasteiger partial charge in [0, 0.05) is 0 Å². The van der Waals surface area contributed by atoms with Crippen molar-refractivity contribution in [3.05, 3.63) is 12.2 Å². The maximum Gasteiger partial charge on any atom is 0.0771 e. The molecule has 0 amide bonds. The smallest absolute Gasteiger partial charge is 0.0771 e. The Morgan fingerprint density at radius 2 is 1.87 bits per heavy atom. The monoisotopic (exact) mass is 210 g/mol. The van der Waals surface area contributed by atoms with Crippen molar-refractivity contribution in [2.75, 3.05) is 0 Å². The molecule has 1 fully saturated rings. The first-order valence-corrected chi connectivity index (χ1v) is 6.10. The summed E-state index contributed by atoms with van der Waals surface area (Å²) < 4.78 is 0. The molecule has 1 saturated carbocycles. The molecule has 1 nitrogen and oxygen atoms in total. The topological polar surface area (TPSA) is 20.2 Å². The molecule has 15 heavy (non-hydrogen) atoms. The van der Waals surface area contributed by atoms with Crippen molar-refractivity contribution < 1.29 is 5.11 Å². The van der Waals surface area contributed by atoms with Crippen molar-refractivity contribution in [2.24, 2.45) is 17.3 Å². The first kappa shape index (κ1) is 12.8. The normalized spacial score (nSPS) is 32.1. The Morgan fingerprint density at radius 1 is 1.27 bits per heavy atom. The Labute approximate surface area is 94.6 Å². The van der Waals surface area contributed by atoms with Gasteiger partial charge in [-0.05, 0) is 50.4 Å². The van der Waals surface area contributed by atoms with Gasteiger partial charge >= 0.3 is 0 Å². The van der Waals surface area contributed by atoms with Crippen LogP contribution in [0.1, 0.15) is 53.9 Å². The molecule has 2 unspecified atom stereocenters. The van der Waals surface area contributed by atoms with E-state index in [1.807, 2.05) is 19.9 Å². The molecule has 0 aliphatic heterocycles. The summed E-state index contributed by atoms with van der Waals surface area (Å²) in [6, 6.07) is 0. The molecule has 0 aromatic carbocycles. The van der Waals surface area contributed by atoms with Gasteiger partial charge in [-0.3, -0.25) is 0 Å². The van der Waals surface area contributed by atoms with Crippen LogP contribution in [0.4, 0.5) is 0 Å². The zero-order valence-electron chi connectivity index (χ0n) is 10.9. The van der Waals surface area contributed by atoms with E-state index in [0.29, 0.717) is 11.3 Å². The van der Waals surface area contributed by atoms with Gasteiger partial charge in [0.25, 0.3) is 0 Å². The quantitative estimate of drug-likeness (QED) is 0.688. The van der Waals surface area contributed by atoms with Crippen molar-refractivity contribution in [2.45, 2.75) is 59.5 Å². The van der Waals surface area contributed by atoms with Crippen LogP contribution in [0, 0.1) is 17.3 Å². The van der Waals surface area contributed by atoms with E-state index in [1.165, 1.54) is 19.3 Å². The van der Waals surface area contributed by atoms with E-state index in [0.717, 1.165) is 5.92 Å². The van der Waals surface area contributed by atoms with Gasteiger partial charge in [-0.2, -0.15) is 0 Å². The van der Waals surface area contributed by atoms with Gasteiger partial charge in [-0.1, -0.05) is 32.9 Å². The number of aliphatic hydroxyl groups is 1. The highest BCUT2D eigenvalue weighted by molar-refractivity contribution is 5.01. The van der Waals surface area contributed by atoms with Crippen LogP contribution in [0.25, 0.3) is 0 Å². The van der Waals surface area contributed by atoms with Crippen molar-refractivity contribution in [1.29, 1.82) is 0 Å². The lowest BCUT2D eigenvalue weighted by Gasteiger charge is -2.38. The second-order valence-corrected chi connectivity index (χ2v) is 6.69. The van der Waals surface area contributed by atoms with E-state index < -0.39 is 5.60 Å². The fourth-order valence-corrected chi connectivity index (χ4v) is 2.94. The van der Waals surface area contributed by atoms with Gasteiger partial charge in [0.05, 0.1) is 5.60 Å². The van der Waals surface area contributed by atoms with Crippen molar-refractivity contribution in [3.63, 3.8) is 0 Å². The third-order valence-corrected chi connectivity index (χ3v) is 3.20. The fraction of sp³-hybridized carbons (Fsp3) is 0.857. The van der Waals surface area contributed by atoms with E-state index in [1.54, 1.807) is 0 Å². The molecule has 0 bridgehead atoms. The SMILES string of the molecule is CC1CC(C=CC(C)(C)O)CC(C)(C)C1. The molecule has 1 N–H and O–H groups in total. The Morgan fingerprint density at radius 3 is 2.33 bits per heavy atom. The van der Waals surface area contributed by atoms with Gasteiger partial charge < -0.3 is 5.11 Å². The second kappa shape index (κ2) is 4.29. The van der Waals surface area contributed by atoms with Crippen LogP contribution < -0.4 is 0 Å². The number of hydrogen-bond donors (Lipinski definition) is 1. The van der Waals surface area contributed by atoms with Crippen molar-refractivity contribution >= 4 is 0 Å². The second-order valence-electron chi connectivity index (χ2n) is 6.69. The lowest BCUT2D eigenvalue weighted by molar-refractivity contribution is 0.128. The number of rotatable bonds is 2. The average molecular weight is 210 g/mol. The minimum atomic E-state index is -0.662. The van der Waals surface area contributed by atoms with Gasteiger partial charge in [0.2, 0.25) is 0 Å². The Kier molecular flexibility index (Phi) is 3.65. The largest absolute Gasteiger partial charge is 0.386 e. The third-order valence-electron chi connectivity index (χ3n) is 3.20. The molecule has 0 aromatic rings. The Balaban J connectivity index is 2.60. The van der Waals surface area contributed by atoms with E-state index in [2.05, 4.69) is 26.8 Å². The number of hydrogen-bond acceptors (Lipinski definition) is 1. The molecular formula is C14H26O. The van der Waals surface area contributed by atoms with Gasteiger partial charge in [-0.25, -0.2) is 0 Å². The van der Waals surface area contributed by atoms with Crippen LogP contribution in [0.5, 0.6) is 0 Å². The molecule has 0 radical (unpaired) electrons. The summed E-state index contributed by atoms with van der Waals surface area (Å²) in [5.41, 5.74) is -0.197. The molecule has 88 valence electrons. The molecule has 1 rings (SSSR count). The highest BCUT2D eigenvalue weighted by Gasteiger charge is 2.30. The molecule has 0 spiro atoms. The van der Waals surface area contributed by atoms with E-state index >= 15 is 0 Å². The van der Waals surface area contributed by atoms with Crippen LogP contribution in [0.3, 0.4) is 0 Å². The Bertz CT molecular complexity index is 232. The molecule has 1 heteroatoms. The molecule has 2 atom stereocenters. The van der Waals surface area contributed by atoms with Crippen LogP contribution >= 0.6 is 0 Å². The van der Waals surface area contributed by atoms with Crippen LogP contribution in [-0.2, 0) is 0 Å². The summed E-state index contributed by atoms with van der Waals surface area (Å²) in [4.78, 5) is 0. The highest BCUT2D eigenvalue weighted by atomic mass is 16.3. The minimum Gasteiger partial charge on any atom is -0.386 e. The molecule has 0 saturated heterocycles. The van der Waals surface area contributed by atoms with Crippen molar-refractivity contribution in [3.8, 4) is 0 Å². The summed E-state index contributed by atoms with van der Waals surface area (Å²) in [7, 11) is 0. The van der Waals surface area contributed by atoms with E-state index in [4.69, 9.17) is 0 Å². The van der Waals surface area contributed by atoms with Crippen LogP contribution in [0.15, 0.2) is 12.2 Å². The fourth-order valence-electron chi connectivity index (χ4n) is 2.94. The zero-order valence-corrected chi connectivity index (χ0v) is 10.9. The van der Waals surface area contributed by atoms with Crippen LogP contribution in [-0.4, -0.2) is 10.7 Å². The summed E-state index contributed by atoms with van der Waals surface area (Å²) in [6.07, 6.45) is 8.03. The zero-order chi connectivity index (χ0) is 11.7. The average Bonchev–Trinajstić information content (AvgIpc) is 1.95. The summed E-state index contributed by atoms with van der Waals surface area (Å²) in [6.45, 7) is 10.7. The third kappa shape index (κ3) is 4.83. The maximum absolute atomic E-state index is 9.66. The molecule has 1 aliphatic carbocycles. The standard InChI is InChI=1S/C14H26O/c1-11-8-12(6-7-14(4,5)15)10-13(2,3)9-11/h6-7,11-12,15H,8-10H2,1-5H3. The maximum atomic E-state index is 9.66. The molecule has 0 aromatic heterocycles. The first-order valence-electron chi connectivity index (χ1n) is 6.10. The summed E-state index contributed by atoms with van der Waals surface area (Å²) in [5.74, 6) is 1.46. The summed E-state index contributed by atoms with van der Waals surface area (Å²) in [5, 5.41) is 9.66. The molecule has 0 heterocycles. The lowest BCUT2D eigenvalue weighted by Crippen LogP contribution is -2.27. The van der Waals surface area contributed by atoms with Crippen molar-refractivity contribution in [1.82, 2.24) is 0 Å². The Hall–Kier alpha value is -0.300. The van der Waals surface area contributed by atoms with E-state index in [9.17, 15) is 5.11 Å². The van der Waals surface area contributed by atoms with Crippen LogP contribution in [0.2, 0.25) is 0 Å². The molecule has 1 aliphatic rings. The summed E-state index contributed by atoms with van der Waals surface area (Å²) >= 11 is 0. The van der Waals surface area contributed by atoms with Gasteiger partial charge in [0.15, 0.2) is 0 Å². The first-order chi connectivity index (χ1) is 6.68.